The molecule has 42 heavy (non-hydrogen) atoms. The Morgan fingerprint density at radius 1 is 1.02 bits per heavy atom. The average Bonchev–Trinajstić information content (AvgIpc) is 3.45. The van der Waals surface area contributed by atoms with Crippen LogP contribution in [0.3, 0.4) is 0 Å². The number of fused-ring (bicyclic) bond motifs is 2. The van der Waals surface area contributed by atoms with E-state index in [-0.39, 0.29) is 35.2 Å². The first-order valence-electron chi connectivity index (χ1n) is 12.7. The smallest absolute Gasteiger partial charge is 0.311 e. The summed E-state index contributed by atoms with van der Waals surface area (Å²) in [6, 6.07) is 25.4. The van der Waals surface area contributed by atoms with E-state index in [9.17, 15) is 14.9 Å². The molecule has 10 nitrogen and oxygen atoms in total. The van der Waals surface area contributed by atoms with Crippen LogP contribution in [0.25, 0.3) is 33.5 Å². The maximum Gasteiger partial charge on any atom is 0.311 e. The van der Waals surface area contributed by atoms with E-state index in [4.69, 9.17) is 25.5 Å². The number of hydrogen-bond acceptors (Lipinski definition) is 8. The van der Waals surface area contributed by atoms with Gasteiger partial charge in [-0.05, 0) is 54.1 Å². The van der Waals surface area contributed by atoms with E-state index < -0.39 is 10.5 Å². The van der Waals surface area contributed by atoms with Crippen LogP contribution in [-0.4, -0.2) is 27.9 Å². The molecule has 0 saturated heterocycles. The topological polar surface area (TPSA) is 122 Å². The summed E-state index contributed by atoms with van der Waals surface area (Å²) in [6.07, 6.45) is 1.33. The van der Waals surface area contributed by atoms with Gasteiger partial charge in [0.1, 0.15) is 17.9 Å². The van der Waals surface area contributed by atoms with Gasteiger partial charge in [0, 0.05) is 16.7 Å². The van der Waals surface area contributed by atoms with Crippen LogP contribution in [0.2, 0.25) is 5.02 Å². The van der Waals surface area contributed by atoms with Crippen molar-refractivity contribution in [1.82, 2.24) is 9.66 Å². The number of aromatic nitrogens is 2. The molecule has 4 aromatic carbocycles. The van der Waals surface area contributed by atoms with E-state index in [1.54, 1.807) is 86.0 Å². The van der Waals surface area contributed by atoms with Crippen molar-refractivity contribution in [3.63, 3.8) is 0 Å². The number of ether oxygens (including phenoxy) is 2. The van der Waals surface area contributed by atoms with Crippen molar-refractivity contribution in [3.8, 4) is 23.1 Å². The molecule has 208 valence electrons. The highest BCUT2D eigenvalue weighted by molar-refractivity contribution is 6.30. The van der Waals surface area contributed by atoms with Gasteiger partial charge in [-0.25, -0.2) is 4.98 Å². The Bertz CT molecular complexity index is 2050. The van der Waals surface area contributed by atoms with Crippen molar-refractivity contribution in [2.75, 3.05) is 7.11 Å². The number of para-hydroxylation sites is 2. The van der Waals surface area contributed by atoms with E-state index in [2.05, 4.69) is 10.1 Å². The van der Waals surface area contributed by atoms with Crippen molar-refractivity contribution in [2.45, 2.75) is 6.61 Å². The third-order valence-electron chi connectivity index (χ3n) is 6.55. The van der Waals surface area contributed by atoms with Gasteiger partial charge in [0.05, 0.1) is 34.5 Å². The molecule has 6 aromatic rings. The fourth-order valence-corrected chi connectivity index (χ4v) is 4.64. The predicted molar refractivity (Wildman–Crippen MR) is 160 cm³/mol. The summed E-state index contributed by atoms with van der Waals surface area (Å²) in [4.78, 5) is 29.7. The molecule has 0 aliphatic heterocycles. The van der Waals surface area contributed by atoms with Gasteiger partial charge >= 0.3 is 5.69 Å². The molecule has 6 rings (SSSR count). The second-order valence-corrected chi connectivity index (χ2v) is 9.60. The molecule has 0 aliphatic rings. The van der Waals surface area contributed by atoms with Crippen LogP contribution >= 0.6 is 11.6 Å². The Morgan fingerprint density at radius 2 is 1.81 bits per heavy atom. The van der Waals surface area contributed by atoms with Crippen LogP contribution < -0.4 is 15.0 Å². The Hall–Kier alpha value is -5.48. The van der Waals surface area contributed by atoms with Crippen LogP contribution in [0.1, 0.15) is 11.1 Å². The van der Waals surface area contributed by atoms with Gasteiger partial charge in [-0.3, -0.25) is 14.9 Å². The van der Waals surface area contributed by atoms with Crippen molar-refractivity contribution in [2.24, 2.45) is 5.10 Å². The zero-order valence-corrected chi connectivity index (χ0v) is 22.8. The molecule has 2 heterocycles. The van der Waals surface area contributed by atoms with Gasteiger partial charge in [0.2, 0.25) is 11.6 Å². The number of nitro groups is 1. The highest BCUT2D eigenvalue weighted by Gasteiger charge is 2.21. The molecule has 2 aromatic heterocycles. The van der Waals surface area contributed by atoms with Crippen LogP contribution in [0.5, 0.6) is 11.5 Å². The van der Waals surface area contributed by atoms with E-state index >= 15 is 0 Å². The van der Waals surface area contributed by atoms with Crippen molar-refractivity contribution < 1.29 is 18.8 Å². The minimum Gasteiger partial charge on any atom is -0.496 e. The Labute approximate surface area is 243 Å². The molecule has 0 amide bonds. The number of methoxy groups -OCH3 is 1. The molecule has 0 spiro atoms. The number of hydrogen-bond donors (Lipinski definition) is 0. The summed E-state index contributed by atoms with van der Waals surface area (Å²) >= 11 is 5.97. The zero-order chi connectivity index (χ0) is 29.2. The summed E-state index contributed by atoms with van der Waals surface area (Å²) in [6.45, 7) is 0.0480. The number of furan rings is 1. The standard InChI is InChI=1S/C31H21ClN4O6/c1-40-26-10-5-11-27-23(26)16-28(42-27)30-34-24-8-3-2-7-22(24)31(37)35(30)33-17-20-6-4-9-25(36(38)39)29(20)41-18-19-12-14-21(32)15-13-19/h2-17H,18H2,1H3. The lowest BCUT2D eigenvalue weighted by Crippen LogP contribution is -2.20. The molecule has 0 atom stereocenters. The first-order chi connectivity index (χ1) is 20.4. The average molecular weight is 581 g/mol. The number of nitrogens with zero attached hydrogens (tertiary/aromatic N) is 4. The molecular weight excluding hydrogens is 560 g/mol. The second kappa shape index (κ2) is 11.2. The molecule has 0 aliphatic carbocycles. The Morgan fingerprint density at radius 3 is 2.60 bits per heavy atom. The van der Waals surface area contributed by atoms with E-state index in [0.717, 1.165) is 10.2 Å². The maximum absolute atomic E-state index is 13.7. The first-order valence-corrected chi connectivity index (χ1v) is 13.1. The molecule has 0 N–H and O–H groups in total. The van der Waals surface area contributed by atoms with Crippen molar-refractivity contribution in [3.05, 3.63) is 128 Å². The summed E-state index contributed by atoms with van der Waals surface area (Å²) in [5.74, 6) is 1.02. The minimum absolute atomic E-state index is 0.00183. The lowest BCUT2D eigenvalue weighted by Gasteiger charge is -2.10. The Balaban J connectivity index is 1.48. The SMILES string of the molecule is COc1cccc2oc(-c3nc4ccccc4c(=O)n3N=Cc3cccc([N+](=O)[O-])c3OCc3ccc(Cl)cc3)cc12. The lowest BCUT2D eigenvalue weighted by molar-refractivity contribution is -0.385. The number of nitro benzene ring substituents is 1. The third-order valence-corrected chi connectivity index (χ3v) is 6.80. The Kier molecular flexibility index (Phi) is 7.12. The fourth-order valence-electron chi connectivity index (χ4n) is 4.51. The van der Waals surface area contributed by atoms with Crippen molar-refractivity contribution >= 4 is 45.4 Å². The largest absolute Gasteiger partial charge is 0.496 e. The summed E-state index contributed by atoms with van der Waals surface area (Å²) in [5.41, 5.74) is 1.35. The number of benzene rings is 4. The monoisotopic (exact) mass is 580 g/mol. The van der Waals surface area contributed by atoms with Crippen LogP contribution in [-0.2, 0) is 6.61 Å². The molecule has 0 radical (unpaired) electrons. The molecule has 0 bridgehead atoms. The van der Waals surface area contributed by atoms with E-state index in [0.29, 0.717) is 32.6 Å². The fraction of sp³-hybridized carbons (Fsp3) is 0.0645. The summed E-state index contributed by atoms with van der Waals surface area (Å²) in [7, 11) is 1.56. The molecule has 11 heteroatoms. The highest BCUT2D eigenvalue weighted by Crippen LogP contribution is 2.34. The molecule has 0 saturated carbocycles. The third kappa shape index (κ3) is 5.06. The first kappa shape index (κ1) is 26.7. The minimum atomic E-state index is -0.536. The van der Waals surface area contributed by atoms with Gasteiger partial charge < -0.3 is 13.9 Å². The van der Waals surface area contributed by atoms with Crippen LogP contribution in [0, 0.1) is 10.1 Å². The normalized spacial score (nSPS) is 11.4. The summed E-state index contributed by atoms with van der Waals surface area (Å²) < 4.78 is 18.5. The van der Waals surface area contributed by atoms with Gasteiger partial charge in [-0.2, -0.15) is 9.78 Å². The predicted octanol–water partition coefficient (Wildman–Crippen LogP) is 6.84. The van der Waals surface area contributed by atoms with E-state index in [1.807, 2.05) is 0 Å². The van der Waals surface area contributed by atoms with Gasteiger partial charge in [0.25, 0.3) is 5.56 Å². The van der Waals surface area contributed by atoms with Gasteiger partial charge in [-0.1, -0.05) is 48.0 Å². The molecule has 0 fully saturated rings. The quantitative estimate of drug-likeness (QED) is 0.110. The van der Waals surface area contributed by atoms with Gasteiger partial charge in [-0.15, -0.1) is 0 Å². The van der Waals surface area contributed by atoms with Crippen molar-refractivity contribution in [1.29, 1.82) is 0 Å². The second-order valence-electron chi connectivity index (χ2n) is 9.16. The maximum atomic E-state index is 13.7. The number of rotatable bonds is 8. The molecule has 0 unspecified atom stereocenters. The lowest BCUT2D eigenvalue weighted by atomic mass is 10.2. The summed E-state index contributed by atoms with van der Waals surface area (Å²) in [5, 5.41) is 17.9. The number of halogens is 1. The van der Waals surface area contributed by atoms with Crippen LogP contribution in [0.4, 0.5) is 5.69 Å². The highest BCUT2D eigenvalue weighted by atomic mass is 35.5. The zero-order valence-electron chi connectivity index (χ0n) is 22.1. The van der Waals surface area contributed by atoms with E-state index in [1.165, 1.54) is 18.3 Å². The van der Waals surface area contributed by atoms with Gasteiger partial charge in [0.15, 0.2) is 5.76 Å². The molecular formula is C31H21ClN4O6. The van der Waals surface area contributed by atoms with Crippen LogP contribution in [0.15, 0.2) is 105 Å².